The molecular weight excluding hydrogens is 271 g/mol. The fourth-order valence-electron chi connectivity index (χ4n) is 1.62. The van der Waals surface area contributed by atoms with Gasteiger partial charge in [-0.1, -0.05) is 6.92 Å². The highest BCUT2D eigenvalue weighted by atomic mass is 19.1. The van der Waals surface area contributed by atoms with Gasteiger partial charge in [0.25, 0.3) is 5.91 Å². The van der Waals surface area contributed by atoms with Crippen LogP contribution in [0.5, 0.6) is 0 Å². The Hall–Kier alpha value is -2.50. The Morgan fingerprint density at radius 3 is 2.33 bits per heavy atom. The number of nitrogens with one attached hydrogen (secondary N) is 2. The maximum absolute atomic E-state index is 12.8. The normalized spacial score (nSPS) is 11.8. The monoisotopic (exact) mass is 288 g/mol. The molecule has 1 unspecified atom stereocenters. The molecule has 1 aromatic carbocycles. The van der Waals surface area contributed by atoms with Gasteiger partial charge in [-0.25, -0.2) is 4.39 Å². The molecular formula is C15H17FN4O. The molecule has 1 atom stereocenters. The minimum Gasteiger partial charge on any atom is -0.366 e. The zero-order chi connectivity index (χ0) is 15.2. The van der Waals surface area contributed by atoms with Gasteiger partial charge < -0.3 is 10.6 Å². The molecule has 1 amide bonds. The van der Waals surface area contributed by atoms with Gasteiger partial charge in [0.15, 0.2) is 5.82 Å². The third-order valence-corrected chi connectivity index (χ3v) is 3.02. The van der Waals surface area contributed by atoms with Crippen LogP contribution in [0.15, 0.2) is 36.4 Å². The summed E-state index contributed by atoms with van der Waals surface area (Å²) in [6.07, 6.45) is 0.977. The summed E-state index contributed by atoms with van der Waals surface area (Å²) in [7, 11) is 0. The number of halogens is 1. The van der Waals surface area contributed by atoms with E-state index in [0.29, 0.717) is 23.2 Å². The Morgan fingerprint density at radius 1 is 1.14 bits per heavy atom. The third-order valence-electron chi connectivity index (χ3n) is 3.02. The van der Waals surface area contributed by atoms with Crippen LogP contribution in [0.4, 0.5) is 16.0 Å². The van der Waals surface area contributed by atoms with E-state index >= 15 is 0 Å². The molecule has 2 N–H and O–H groups in total. The highest BCUT2D eigenvalue weighted by Crippen LogP contribution is 2.10. The lowest BCUT2D eigenvalue weighted by Gasteiger charge is -2.11. The van der Waals surface area contributed by atoms with E-state index in [9.17, 15) is 9.18 Å². The van der Waals surface area contributed by atoms with E-state index in [0.717, 1.165) is 6.42 Å². The topological polar surface area (TPSA) is 66.9 Å². The summed E-state index contributed by atoms with van der Waals surface area (Å²) in [5.74, 6) is 0.266. The standard InChI is InChI=1S/C15H17FN4O/c1-3-10(2)17-13-8-9-14(20-19-13)18-15(21)11-4-6-12(16)7-5-11/h4-10H,3H2,1-2H3,(H,17,19)(H,18,20,21). The van der Waals surface area contributed by atoms with E-state index in [-0.39, 0.29) is 11.7 Å². The van der Waals surface area contributed by atoms with Crippen LogP contribution in [0.25, 0.3) is 0 Å². The van der Waals surface area contributed by atoms with Gasteiger partial charge in [-0.15, -0.1) is 10.2 Å². The number of carbonyl (C=O) groups excluding carboxylic acids is 1. The predicted octanol–water partition coefficient (Wildman–Crippen LogP) is 3.08. The molecule has 110 valence electrons. The molecule has 0 saturated heterocycles. The van der Waals surface area contributed by atoms with Gasteiger partial charge in [-0.3, -0.25) is 4.79 Å². The van der Waals surface area contributed by atoms with Crippen LogP contribution in [0.1, 0.15) is 30.6 Å². The first kappa shape index (κ1) is 14.9. The van der Waals surface area contributed by atoms with Gasteiger partial charge >= 0.3 is 0 Å². The van der Waals surface area contributed by atoms with Crippen LogP contribution in [-0.2, 0) is 0 Å². The summed E-state index contributed by atoms with van der Waals surface area (Å²) >= 11 is 0. The number of amides is 1. The van der Waals surface area contributed by atoms with Gasteiger partial charge in [0.1, 0.15) is 11.6 Å². The zero-order valence-electron chi connectivity index (χ0n) is 11.9. The van der Waals surface area contributed by atoms with E-state index in [1.807, 2.05) is 6.92 Å². The smallest absolute Gasteiger partial charge is 0.256 e. The fraction of sp³-hybridized carbons (Fsp3) is 0.267. The lowest BCUT2D eigenvalue weighted by molar-refractivity contribution is 0.102. The maximum Gasteiger partial charge on any atom is 0.256 e. The van der Waals surface area contributed by atoms with E-state index in [1.54, 1.807) is 12.1 Å². The van der Waals surface area contributed by atoms with Gasteiger partial charge in [0.05, 0.1) is 0 Å². The Bertz CT molecular complexity index is 598. The van der Waals surface area contributed by atoms with Crippen LogP contribution < -0.4 is 10.6 Å². The van der Waals surface area contributed by atoms with Crippen LogP contribution in [-0.4, -0.2) is 22.1 Å². The van der Waals surface area contributed by atoms with Crippen molar-refractivity contribution in [2.24, 2.45) is 0 Å². The van der Waals surface area contributed by atoms with Crippen molar-refractivity contribution in [2.45, 2.75) is 26.3 Å². The van der Waals surface area contributed by atoms with Crippen molar-refractivity contribution in [3.8, 4) is 0 Å². The minimum atomic E-state index is -0.383. The molecule has 0 bridgehead atoms. The van der Waals surface area contributed by atoms with Crippen molar-refractivity contribution in [1.29, 1.82) is 0 Å². The Morgan fingerprint density at radius 2 is 1.76 bits per heavy atom. The quantitative estimate of drug-likeness (QED) is 0.887. The summed E-state index contributed by atoms with van der Waals surface area (Å²) in [5, 5.41) is 13.7. The molecule has 2 rings (SSSR count). The molecule has 1 heterocycles. The Labute approximate surface area is 122 Å². The molecule has 0 aliphatic heterocycles. The van der Waals surface area contributed by atoms with Crippen LogP contribution in [0, 0.1) is 5.82 Å². The molecule has 1 aromatic heterocycles. The first-order valence-electron chi connectivity index (χ1n) is 6.75. The van der Waals surface area contributed by atoms with Crippen LogP contribution >= 0.6 is 0 Å². The molecule has 0 radical (unpaired) electrons. The fourth-order valence-corrected chi connectivity index (χ4v) is 1.62. The summed E-state index contributed by atoms with van der Waals surface area (Å²) < 4.78 is 12.8. The summed E-state index contributed by atoms with van der Waals surface area (Å²) in [5.41, 5.74) is 0.361. The van der Waals surface area contributed by atoms with Crippen molar-refractivity contribution in [3.05, 3.63) is 47.8 Å². The van der Waals surface area contributed by atoms with Crippen molar-refractivity contribution in [2.75, 3.05) is 10.6 Å². The number of hydrogen-bond donors (Lipinski definition) is 2. The van der Waals surface area contributed by atoms with Gasteiger partial charge in [0.2, 0.25) is 0 Å². The highest BCUT2D eigenvalue weighted by molar-refractivity contribution is 6.03. The minimum absolute atomic E-state index is 0.305. The molecule has 5 nitrogen and oxygen atoms in total. The van der Waals surface area contributed by atoms with E-state index in [4.69, 9.17) is 0 Å². The molecule has 6 heteroatoms. The lowest BCUT2D eigenvalue weighted by atomic mass is 10.2. The highest BCUT2D eigenvalue weighted by Gasteiger charge is 2.08. The number of carbonyl (C=O) groups is 1. The number of rotatable bonds is 5. The summed E-state index contributed by atoms with van der Waals surface area (Å²) in [4.78, 5) is 11.9. The van der Waals surface area contributed by atoms with Crippen molar-refractivity contribution in [3.63, 3.8) is 0 Å². The maximum atomic E-state index is 12.8. The number of hydrogen-bond acceptors (Lipinski definition) is 4. The molecule has 2 aromatic rings. The molecule has 0 spiro atoms. The summed E-state index contributed by atoms with van der Waals surface area (Å²) in [6.45, 7) is 4.12. The van der Waals surface area contributed by atoms with E-state index < -0.39 is 0 Å². The molecule has 0 fully saturated rings. The summed E-state index contributed by atoms with van der Waals surface area (Å²) in [6, 6.07) is 9.02. The second-order valence-electron chi connectivity index (χ2n) is 4.72. The number of nitrogens with zero attached hydrogens (tertiary/aromatic N) is 2. The largest absolute Gasteiger partial charge is 0.366 e. The van der Waals surface area contributed by atoms with Crippen LogP contribution in [0.2, 0.25) is 0 Å². The number of anilines is 2. The zero-order valence-corrected chi connectivity index (χ0v) is 11.9. The van der Waals surface area contributed by atoms with E-state index in [2.05, 4.69) is 27.8 Å². The second-order valence-corrected chi connectivity index (χ2v) is 4.72. The first-order valence-corrected chi connectivity index (χ1v) is 6.75. The Kier molecular flexibility index (Phi) is 4.81. The van der Waals surface area contributed by atoms with Crippen LogP contribution in [0.3, 0.4) is 0 Å². The van der Waals surface area contributed by atoms with Gasteiger partial charge in [0, 0.05) is 11.6 Å². The molecule has 0 aliphatic carbocycles. The molecule has 0 saturated carbocycles. The Balaban J connectivity index is 1.99. The van der Waals surface area contributed by atoms with Crippen molar-refractivity contribution >= 4 is 17.5 Å². The average molecular weight is 288 g/mol. The number of aromatic nitrogens is 2. The van der Waals surface area contributed by atoms with Crippen molar-refractivity contribution in [1.82, 2.24) is 10.2 Å². The third kappa shape index (κ3) is 4.24. The van der Waals surface area contributed by atoms with Gasteiger partial charge in [-0.2, -0.15) is 0 Å². The SMILES string of the molecule is CCC(C)Nc1ccc(NC(=O)c2ccc(F)cc2)nn1. The van der Waals surface area contributed by atoms with E-state index in [1.165, 1.54) is 24.3 Å². The molecule has 21 heavy (non-hydrogen) atoms. The van der Waals surface area contributed by atoms with Crippen molar-refractivity contribution < 1.29 is 9.18 Å². The molecule has 0 aliphatic rings. The second kappa shape index (κ2) is 6.78. The predicted molar refractivity (Wildman–Crippen MR) is 79.8 cm³/mol. The average Bonchev–Trinajstić information content (AvgIpc) is 2.49. The first-order chi connectivity index (χ1) is 10.1. The van der Waals surface area contributed by atoms with Gasteiger partial charge in [-0.05, 0) is 49.7 Å². The lowest BCUT2D eigenvalue weighted by Crippen LogP contribution is -2.16. The number of benzene rings is 1.